The number of rotatable bonds is 4. The maximum absolute atomic E-state index is 10.8. The van der Waals surface area contributed by atoms with E-state index in [0.717, 1.165) is 0 Å². The van der Waals surface area contributed by atoms with Crippen LogP contribution < -0.4 is 11.1 Å². The van der Waals surface area contributed by atoms with Crippen LogP contribution in [-0.2, 0) is 4.79 Å². The molecule has 1 heterocycles. The zero-order valence-electron chi connectivity index (χ0n) is 8.75. The lowest BCUT2D eigenvalue weighted by Gasteiger charge is -2.25. The molecule has 0 fully saturated rings. The van der Waals surface area contributed by atoms with Gasteiger partial charge in [0, 0.05) is 12.0 Å². The maximum atomic E-state index is 10.8. The van der Waals surface area contributed by atoms with Crippen LogP contribution in [-0.4, -0.2) is 16.4 Å². The number of anilines is 1. The summed E-state index contributed by atoms with van der Waals surface area (Å²) in [6, 6.07) is 5.26. The average Bonchev–Trinajstić information content (AvgIpc) is 1.99. The number of carbonyl (C=O) groups is 1. The van der Waals surface area contributed by atoms with E-state index < -0.39 is 5.54 Å². The highest BCUT2D eigenvalue weighted by Gasteiger charge is 2.20. The van der Waals surface area contributed by atoms with Gasteiger partial charge in [0.2, 0.25) is 5.91 Å². The molecule has 0 unspecified atom stereocenters. The molecule has 0 saturated heterocycles. The van der Waals surface area contributed by atoms with Gasteiger partial charge in [-0.15, -0.1) is 0 Å². The fourth-order valence-electron chi connectivity index (χ4n) is 1.30. The molecule has 3 N–H and O–H groups in total. The number of carbonyl (C=O) groups excluding carboxylic acids is 1. The summed E-state index contributed by atoms with van der Waals surface area (Å²) in [6.45, 7) is 3.75. The first-order chi connectivity index (χ1) is 6.89. The van der Waals surface area contributed by atoms with E-state index in [9.17, 15) is 4.79 Å². The van der Waals surface area contributed by atoms with Gasteiger partial charge in [-0.05, 0) is 26.0 Å². The van der Waals surface area contributed by atoms with E-state index in [2.05, 4.69) is 10.3 Å². The predicted octanol–water partition coefficient (Wildman–Crippen LogP) is 1.80. The molecular formula is C10H14ClN3O. The summed E-state index contributed by atoms with van der Waals surface area (Å²) in [5.41, 5.74) is 4.71. The molecule has 0 aliphatic carbocycles. The van der Waals surface area contributed by atoms with Crippen molar-refractivity contribution in [1.82, 2.24) is 4.98 Å². The second-order valence-electron chi connectivity index (χ2n) is 4.00. The number of pyridine rings is 1. The molecule has 0 saturated carbocycles. The first kappa shape index (κ1) is 11.8. The molecule has 4 nitrogen and oxygen atoms in total. The van der Waals surface area contributed by atoms with Gasteiger partial charge >= 0.3 is 0 Å². The van der Waals surface area contributed by atoms with E-state index in [1.165, 1.54) is 0 Å². The third-order valence-corrected chi connectivity index (χ3v) is 2.01. The number of hydrogen-bond acceptors (Lipinski definition) is 3. The van der Waals surface area contributed by atoms with Crippen LogP contribution >= 0.6 is 11.6 Å². The van der Waals surface area contributed by atoms with Crippen molar-refractivity contribution in [2.45, 2.75) is 25.8 Å². The molecule has 0 aromatic carbocycles. The largest absolute Gasteiger partial charge is 0.370 e. The Morgan fingerprint density at radius 2 is 2.27 bits per heavy atom. The molecule has 0 aliphatic rings. The molecule has 1 amide bonds. The van der Waals surface area contributed by atoms with E-state index in [4.69, 9.17) is 17.3 Å². The Morgan fingerprint density at radius 1 is 1.60 bits per heavy atom. The van der Waals surface area contributed by atoms with Crippen LogP contribution in [0.15, 0.2) is 18.2 Å². The first-order valence-electron chi connectivity index (χ1n) is 4.58. The van der Waals surface area contributed by atoms with Gasteiger partial charge < -0.3 is 11.1 Å². The first-order valence-corrected chi connectivity index (χ1v) is 4.96. The van der Waals surface area contributed by atoms with Crippen LogP contribution in [0.3, 0.4) is 0 Å². The SMILES string of the molecule is CC(C)(CC(N)=O)Nc1cccc(Cl)n1. The van der Waals surface area contributed by atoms with Gasteiger partial charge in [0.25, 0.3) is 0 Å². The molecule has 5 heteroatoms. The Morgan fingerprint density at radius 3 is 2.80 bits per heavy atom. The number of nitrogens with one attached hydrogen (secondary N) is 1. The number of primary amides is 1. The standard InChI is InChI=1S/C10H14ClN3O/c1-10(2,6-8(12)15)14-9-5-3-4-7(11)13-9/h3-5H,6H2,1-2H3,(H2,12,15)(H,13,14). The number of hydrogen-bond donors (Lipinski definition) is 2. The Labute approximate surface area is 93.8 Å². The fraction of sp³-hybridized carbons (Fsp3) is 0.400. The van der Waals surface area contributed by atoms with Crippen molar-refractivity contribution in [3.8, 4) is 0 Å². The highest BCUT2D eigenvalue weighted by atomic mass is 35.5. The number of aromatic nitrogens is 1. The Hall–Kier alpha value is -1.29. The second-order valence-corrected chi connectivity index (χ2v) is 4.38. The van der Waals surface area contributed by atoms with Crippen molar-refractivity contribution in [1.29, 1.82) is 0 Å². The van der Waals surface area contributed by atoms with E-state index in [0.29, 0.717) is 11.0 Å². The van der Waals surface area contributed by atoms with E-state index in [1.807, 2.05) is 13.8 Å². The van der Waals surface area contributed by atoms with Gasteiger partial charge in [0.1, 0.15) is 11.0 Å². The van der Waals surface area contributed by atoms with Gasteiger partial charge in [-0.25, -0.2) is 4.98 Å². The van der Waals surface area contributed by atoms with Gasteiger partial charge in [0.05, 0.1) is 0 Å². The summed E-state index contributed by atoms with van der Waals surface area (Å²) < 4.78 is 0. The van der Waals surface area contributed by atoms with Crippen LogP contribution in [0.4, 0.5) is 5.82 Å². The molecule has 0 bridgehead atoms. The molecule has 82 valence electrons. The summed E-state index contributed by atoms with van der Waals surface area (Å²) in [5.74, 6) is 0.281. The molecule has 0 aliphatic heterocycles. The molecule has 0 atom stereocenters. The summed E-state index contributed by atoms with van der Waals surface area (Å²) in [5, 5.41) is 3.51. The van der Waals surface area contributed by atoms with E-state index >= 15 is 0 Å². The quantitative estimate of drug-likeness (QED) is 0.771. The lowest BCUT2D eigenvalue weighted by atomic mass is 10.0. The van der Waals surface area contributed by atoms with Crippen LogP contribution in [0.25, 0.3) is 0 Å². The third-order valence-electron chi connectivity index (χ3n) is 1.80. The van der Waals surface area contributed by atoms with Crippen molar-refractivity contribution in [2.75, 3.05) is 5.32 Å². The summed E-state index contributed by atoms with van der Waals surface area (Å²) in [4.78, 5) is 14.9. The Kier molecular flexibility index (Phi) is 3.52. The lowest BCUT2D eigenvalue weighted by molar-refractivity contribution is -0.118. The zero-order chi connectivity index (χ0) is 11.5. The highest BCUT2D eigenvalue weighted by Crippen LogP contribution is 2.17. The average molecular weight is 228 g/mol. The van der Waals surface area contributed by atoms with Gasteiger partial charge in [0.15, 0.2) is 0 Å². The molecule has 1 aromatic heterocycles. The maximum Gasteiger partial charge on any atom is 0.219 e. The molecule has 0 radical (unpaired) electrons. The highest BCUT2D eigenvalue weighted by molar-refractivity contribution is 6.29. The van der Waals surface area contributed by atoms with Crippen molar-refractivity contribution in [2.24, 2.45) is 5.73 Å². The smallest absolute Gasteiger partial charge is 0.219 e. The predicted molar refractivity (Wildman–Crippen MR) is 60.8 cm³/mol. The topological polar surface area (TPSA) is 68.0 Å². The van der Waals surface area contributed by atoms with Crippen molar-refractivity contribution in [3.05, 3.63) is 23.4 Å². The zero-order valence-corrected chi connectivity index (χ0v) is 9.51. The summed E-state index contributed by atoms with van der Waals surface area (Å²) >= 11 is 5.74. The molecule has 1 rings (SSSR count). The van der Waals surface area contributed by atoms with Crippen molar-refractivity contribution < 1.29 is 4.79 Å². The molecule has 15 heavy (non-hydrogen) atoms. The minimum atomic E-state index is -0.427. The minimum absolute atomic E-state index is 0.237. The fourth-order valence-corrected chi connectivity index (χ4v) is 1.47. The normalized spacial score (nSPS) is 11.1. The minimum Gasteiger partial charge on any atom is -0.370 e. The molecular weight excluding hydrogens is 214 g/mol. The Balaban J connectivity index is 2.72. The van der Waals surface area contributed by atoms with Crippen LogP contribution in [0.5, 0.6) is 0 Å². The number of nitrogens with two attached hydrogens (primary N) is 1. The van der Waals surface area contributed by atoms with Crippen molar-refractivity contribution >= 4 is 23.3 Å². The number of halogens is 1. The summed E-state index contributed by atoms with van der Waals surface area (Å²) in [6.07, 6.45) is 0.237. The van der Waals surface area contributed by atoms with Crippen LogP contribution in [0.1, 0.15) is 20.3 Å². The van der Waals surface area contributed by atoms with E-state index in [-0.39, 0.29) is 12.3 Å². The van der Waals surface area contributed by atoms with Gasteiger partial charge in [-0.2, -0.15) is 0 Å². The van der Waals surface area contributed by atoms with Gasteiger partial charge in [-0.1, -0.05) is 17.7 Å². The lowest BCUT2D eigenvalue weighted by Crippen LogP contribution is -2.36. The Bertz CT molecular complexity index is 365. The van der Waals surface area contributed by atoms with E-state index in [1.54, 1.807) is 18.2 Å². The monoisotopic (exact) mass is 227 g/mol. The van der Waals surface area contributed by atoms with Gasteiger partial charge in [-0.3, -0.25) is 4.79 Å². The van der Waals surface area contributed by atoms with Crippen LogP contribution in [0, 0.1) is 0 Å². The summed E-state index contributed by atoms with van der Waals surface area (Å²) in [7, 11) is 0. The third kappa shape index (κ3) is 4.16. The molecule has 0 spiro atoms. The second kappa shape index (κ2) is 4.49. The van der Waals surface area contributed by atoms with Crippen LogP contribution in [0.2, 0.25) is 5.15 Å². The van der Waals surface area contributed by atoms with Crippen molar-refractivity contribution in [3.63, 3.8) is 0 Å². The molecule has 1 aromatic rings. The number of amides is 1. The number of nitrogens with zero attached hydrogens (tertiary/aromatic N) is 1.